The van der Waals surface area contributed by atoms with Crippen molar-refractivity contribution < 1.29 is 17.3 Å². The van der Waals surface area contributed by atoms with Gasteiger partial charge in [0.25, 0.3) is 5.56 Å². The van der Waals surface area contributed by atoms with Gasteiger partial charge in [-0.25, -0.2) is 4.68 Å². The average molecular weight is 414 g/mol. The van der Waals surface area contributed by atoms with E-state index in [0.29, 0.717) is 20.3 Å². The number of hydrazone groups is 1. The molecule has 2 heterocycles. The zero-order valence-electron chi connectivity index (χ0n) is 16.6. The summed E-state index contributed by atoms with van der Waals surface area (Å²) >= 11 is 2.06. The Kier molecular flexibility index (Phi) is 4.21. The predicted molar refractivity (Wildman–Crippen MR) is 98.6 cm³/mol. The number of alkyl halides is 3. The lowest BCUT2D eigenvalue weighted by molar-refractivity contribution is -0.137. The molecule has 3 rings (SSSR count). The van der Waals surface area contributed by atoms with Crippen LogP contribution in [0.1, 0.15) is 20.8 Å². The summed E-state index contributed by atoms with van der Waals surface area (Å²) in [4.78, 5) is 12.7. The second-order valence-electron chi connectivity index (χ2n) is 5.34. The van der Waals surface area contributed by atoms with E-state index < -0.39 is 24.3 Å². The number of rotatable bonds is 2. The Morgan fingerprint density at radius 3 is 2.89 bits per heavy atom. The van der Waals surface area contributed by atoms with Gasteiger partial charge < -0.3 is 0 Å². The number of halogens is 3. The van der Waals surface area contributed by atoms with Crippen LogP contribution >= 0.6 is 23.5 Å². The first kappa shape index (κ1) is 15.6. The van der Waals surface area contributed by atoms with Gasteiger partial charge in [0.1, 0.15) is 4.90 Å². The van der Waals surface area contributed by atoms with Crippen molar-refractivity contribution in [1.29, 1.82) is 5.26 Å². The van der Waals surface area contributed by atoms with Crippen molar-refractivity contribution in [2.75, 3.05) is 12.1 Å². The molecule has 11 heteroatoms. The van der Waals surface area contributed by atoms with Crippen LogP contribution in [0, 0.1) is 11.3 Å². The van der Waals surface area contributed by atoms with Crippen LogP contribution in [0.15, 0.2) is 39.2 Å². The van der Waals surface area contributed by atoms with Gasteiger partial charge >= 0.3 is 6.18 Å². The number of aryl methyl sites for hydroxylation is 1. The van der Waals surface area contributed by atoms with E-state index in [1.165, 1.54) is 17.3 Å². The first-order chi connectivity index (χ1) is 13.9. The Labute approximate surface area is 164 Å². The molecule has 1 aromatic carbocycles. The number of nitrogens with zero attached hydrogens (tertiary/aromatic N) is 5. The SMILES string of the molecule is [2H]C([2H])([2H])n1ncc2c(c1=O)SC(SCc1ccc(C(F)(F)F)cc1C#N)=NN2C. The van der Waals surface area contributed by atoms with Gasteiger partial charge in [-0.3, -0.25) is 9.80 Å². The monoisotopic (exact) mass is 414 g/mol. The highest BCUT2D eigenvalue weighted by atomic mass is 32.2. The summed E-state index contributed by atoms with van der Waals surface area (Å²) in [6.45, 7) is -2.74. The zero-order chi connectivity index (χ0) is 22.3. The van der Waals surface area contributed by atoms with Gasteiger partial charge in [-0.1, -0.05) is 29.6 Å². The molecule has 0 saturated carbocycles. The molecule has 0 unspecified atom stereocenters. The molecule has 0 N–H and O–H groups in total. The standard InChI is InChI=1S/C16H12F3N5OS2/c1-23-12-7-21-24(2)14(25)13(12)27-15(22-23)26-8-9-3-4-11(16(17,18)19)5-10(9)6-20/h3-5,7H,8H2,1-2H3/i2D3. The summed E-state index contributed by atoms with van der Waals surface area (Å²) in [5, 5.41) is 18.5. The molecule has 140 valence electrons. The van der Waals surface area contributed by atoms with E-state index in [1.54, 1.807) is 13.1 Å². The van der Waals surface area contributed by atoms with E-state index >= 15 is 0 Å². The van der Waals surface area contributed by atoms with Crippen molar-refractivity contribution in [3.63, 3.8) is 0 Å². The molecule has 1 aromatic heterocycles. The molecule has 0 atom stereocenters. The average Bonchev–Trinajstić information content (AvgIpc) is 2.65. The molecular weight excluding hydrogens is 399 g/mol. The van der Waals surface area contributed by atoms with Gasteiger partial charge in [0.05, 0.1) is 29.1 Å². The quantitative estimate of drug-likeness (QED) is 0.750. The Balaban J connectivity index is 1.84. The molecule has 0 bridgehead atoms. The maximum atomic E-state index is 12.8. The summed E-state index contributed by atoms with van der Waals surface area (Å²) in [6.07, 6.45) is -3.32. The molecular formula is C16H12F3N5OS2. The molecule has 0 saturated heterocycles. The molecule has 0 fully saturated rings. The molecule has 1 aliphatic heterocycles. The van der Waals surface area contributed by atoms with Crippen molar-refractivity contribution in [2.24, 2.45) is 12.1 Å². The van der Waals surface area contributed by atoms with Crippen LogP contribution in [0.25, 0.3) is 0 Å². The summed E-state index contributed by atoms with van der Waals surface area (Å²) in [7, 11) is 1.55. The maximum Gasteiger partial charge on any atom is 0.416 e. The fourth-order valence-corrected chi connectivity index (χ4v) is 4.39. The van der Waals surface area contributed by atoms with Gasteiger partial charge in [0, 0.05) is 23.9 Å². The second kappa shape index (κ2) is 7.28. The normalized spacial score (nSPS) is 15.9. The van der Waals surface area contributed by atoms with Crippen molar-refractivity contribution in [2.45, 2.75) is 16.8 Å². The van der Waals surface area contributed by atoms with E-state index in [1.807, 2.05) is 0 Å². The maximum absolute atomic E-state index is 12.8. The topological polar surface area (TPSA) is 74.3 Å². The molecule has 2 aromatic rings. The number of hydrogen-bond donors (Lipinski definition) is 0. The minimum absolute atomic E-state index is 0.110. The third kappa shape index (κ3) is 3.96. The number of anilines is 1. The molecule has 1 aliphatic rings. The molecule has 0 aliphatic carbocycles. The smallest absolute Gasteiger partial charge is 0.266 e. The number of thioether (sulfide) groups is 2. The van der Waals surface area contributed by atoms with Crippen molar-refractivity contribution in [3.8, 4) is 6.07 Å². The molecule has 0 spiro atoms. The lowest BCUT2D eigenvalue weighted by atomic mass is 10.1. The van der Waals surface area contributed by atoms with Crippen LogP contribution < -0.4 is 10.6 Å². The Morgan fingerprint density at radius 1 is 1.44 bits per heavy atom. The number of benzene rings is 1. The number of hydrogen-bond acceptors (Lipinski definition) is 7. The van der Waals surface area contributed by atoms with E-state index in [2.05, 4.69) is 10.2 Å². The Bertz CT molecular complexity index is 1130. The van der Waals surface area contributed by atoms with Crippen LogP contribution in [-0.4, -0.2) is 21.2 Å². The van der Waals surface area contributed by atoms with Gasteiger partial charge in [0.2, 0.25) is 0 Å². The van der Waals surface area contributed by atoms with E-state index in [9.17, 15) is 23.2 Å². The summed E-state index contributed by atoms with van der Waals surface area (Å²) in [5.74, 6) is 0.134. The highest BCUT2D eigenvalue weighted by Crippen LogP contribution is 2.37. The summed E-state index contributed by atoms with van der Waals surface area (Å²) in [5.41, 5.74) is -1.11. The van der Waals surface area contributed by atoms with Crippen molar-refractivity contribution in [3.05, 3.63) is 51.4 Å². The minimum Gasteiger partial charge on any atom is -0.266 e. The third-order valence-corrected chi connectivity index (χ3v) is 5.82. The summed E-state index contributed by atoms with van der Waals surface area (Å²) in [6, 6.07) is 4.67. The zero-order valence-corrected chi connectivity index (χ0v) is 15.2. The van der Waals surface area contributed by atoms with Crippen LogP contribution in [-0.2, 0) is 18.9 Å². The Hall–Kier alpha value is -2.45. The lowest BCUT2D eigenvalue weighted by Gasteiger charge is -2.22. The second-order valence-corrected chi connectivity index (χ2v) is 7.56. The predicted octanol–water partition coefficient (Wildman–Crippen LogP) is 3.42. The largest absolute Gasteiger partial charge is 0.416 e. The number of nitriles is 1. The van der Waals surface area contributed by atoms with Crippen LogP contribution in [0.5, 0.6) is 0 Å². The fourth-order valence-electron chi connectivity index (χ4n) is 2.22. The number of fused-ring (bicyclic) bond motifs is 1. The number of aromatic nitrogens is 2. The molecule has 27 heavy (non-hydrogen) atoms. The van der Waals surface area contributed by atoms with E-state index in [-0.39, 0.29) is 16.2 Å². The van der Waals surface area contributed by atoms with Gasteiger partial charge in [0.15, 0.2) is 4.38 Å². The van der Waals surface area contributed by atoms with E-state index in [4.69, 9.17) is 4.11 Å². The van der Waals surface area contributed by atoms with Gasteiger partial charge in [-0.05, 0) is 17.7 Å². The first-order valence-corrected chi connectivity index (χ1v) is 9.08. The van der Waals surface area contributed by atoms with Crippen molar-refractivity contribution >= 4 is 33.6 Å². The van der Waals surface area contributed by atoms with Crippen LogP contribution in [0.4, 0.5) is 18.9 Å². The minimum atomic E-state index is -4.55. The van der Waals surface area contributed by atoms with E-state index in [0.717, 1.165) is 35.7 Å². The van der Waals surface area contributed by atoms with Gasteiger partial charge in [-0.15, -0.1) is 0 Å². The highest BCUT2D eigenvalue weighted by Gasteiger charge is 2.31. The van der Waals surface area contributed by atoms with Crippen LogP contribution in [0.2, 0.25) is 0 Å². The van der Waals surface area contributed by atoms with Gasteiger partial charge in [-0.2, -0.15) is 28.6 Å². The fraction of sp³-hybridized carbons (Fsp3) is 0.250. The third-order valence-electron chi connectivity index (χ3n) is 3.59. The molecule has 6 nitrogen and oxygen atoms in total. The van der Waals surface area contributed by atoms with Crippen LogP contribution in [0.3, 0.4) is 0 Å². The first-order valence-electron chi connectivity index (χ1n) is 8.78. The molecule has 0 radical (unpaired) electrons. The lowest BCUT2D eigenvalue weighted by Crippen LogP contribution is -2.27. The van der Waals surface area contributed by atoms with Crippen molar-refractivity contribution in [1.82, 2.24) is 9.78 Å². The molecule has 0 amide bonds. The summed E-state index contributed by atoms with van der Waals surface area (Å²) < 4.78 is 61.5. The highest BCUT2D eigenvalue weighted by molar-refractivity contribution is 8.38. The Morgan fingerprint density at radius 2 is 2.22 bits per heavy atom.